The summed E-state index contributed by atoms with van der Waals surface area (Å²) < 4.78 is 34.2. The number of hydrogen-bond acceptors (Lipinski definition) is 7. The van der Waals surface area contributed by atoms with Crippen molar-refractivity contribution >= 4 is 33.4 Å². The number of hydrogen-bond donors (Lipinski definition) is 1. The van der Waals surface area contributed by atoms with Crippen LogP contribution in [0.25, 0.3) is 5.69 Å². The molecule has 4 rings (SSSR count). The van der Waals surface area contributed by atoms with Gasteiger partial charge in [-0.05, 0) is 37.3 Å². The first kappa shape index (κ1) is 22.5. The zero-order valence-corrected chi connectivity index (χ0v) is 19.1. The number of carbonyl (C=O) groups is 1. The lowest BCUT2D eigenvalue weighted by Gasteiger charge is -2.26. The Hall–Kier alpha value is -2.73. The number of nitrogens with one attached hydrogen (secondary N) is 1. The highest BCUT2D eigenvalue weighted by Gasteiger charge is 2.26. The minimum Gasteiger partial charge on any atom is -0.379 e. The lowest BCUT2D eigenvalue weighted by molar-refractivity contribution is -0.113. The Morgan fingerprint density at radius 1 is 1.09 bits per heavy atom. The molecule has 11 heteroatoms. The van der Waals surface area contributed by atoms with Gasteiger partial charge in [-0.15, -0.1) is 10.2 Å². The lowest BCUT2D eigenvalue weighted by atomic mass is 10.3. The molecule has 3 aromatic rings. The van der Waals surface area contributed by atoms with Crippen LogP contribution in [0.15, 0.2) is 64.6 Å². The van der Waals surface area contributed by atoms with Crippen LogP contribution >= 0.6 is 11.8 Å². The van der Waals surface area contributed by atoms with E-state index in [0.29, 0.717) is 37.1 Å². The number of para-hydroxylation sites is 1. The third-order valence-electron chi connectivity index (χ3n) is 4.87. The molecule has 1 saturated heterocycles. The summed E-state index contributed by atoms with van der Waals surface area (Å²) in [6, 6.07) is 16.0. The smallest absolute Gasteiger partial charge is 0.243 e. The third-order valence-corrected chi connectivity index (χ3v) is 7.69. The molecular weight excluding hydrogens is 450 g/mol. The van der Waals surface area contributed by atoms with Gasteiger partial charge in [-0.3, -0.25) is 9.36 Å². The molecule has 0 bridgehead atoms. The van der Waals surface area contributed by atoms with E-state index < -0.39 is 10.0 Å². The molecule has 1 aromatic heterocycles. The van der Waals surface area contributed by atoms with Gasteiger partial charge >= 0.3 is 0 Å². The second-order valence-corrected chi connectivity index (χ2v) is 9.96. The van der Waals surface area contributed by atoms with Gasteiger partial charge in [-0.25, -0.2) is 8.42 Å². The third kappa shape index (κ3) is 5.01. The van der Waals surface area contributed by atoms with Crippen molar-refractivity contribution in [2.45, 2.75) is 17.0 Å². The first-order chi connectivity index (χ1) is 15.4. The van der Waals surface area contributed by atoms with Gasteiger partial charge in [0.2, 0.25) is 15.9 Å². The van der Waals surface area contributed by atoms with E-state index >= 15 is 0 Å². The number of carbonyl (C=O) groups excluding carboxylic acids is 1. The minimum atomic E-state index is -3.63. The monoisotopic (exact) mass is 473 g/mol. The van der Waals surface area contributed by atoms with Gasteiger partial charge in [0.25, 0.3) is 0 Å². The predicted molar refractivity (Wildman–Crippen MR) is 121 cm³/mol. The summed E-state index contributed by atoms with van der Waals surface area (Å²) in [4.78, 5) is 12.7. The zero-order chi connectivity index (χ0) is 22.6. The fourth-order valence-electron chi connectivity index (χ4n) is 3.31. The first-order valence-corrected chi connectivity index (χ1v) is 12.5. The van der Waals surface area contributed by atoms with E-state index in [9.17, 15) is 13.2 Å². The van der Waals surface area contributed by atoms with Crippen molar-refractivity contribution in [3.05, 3.63) is 60.4 Å². The maximum Gasteiger partial charge on any atom is 0.243 e. The molecule has 32 heavy (non-hydrogen) atoms. The second kappa shape index (κ2) is 9.82. The molecule has 1 aliphatic rings. The van der Waals surface area contributed by atoms with Gasteiger partial charge in [-0.1, -0.05) is 36.0 Å². The number of aromatic nitrogens is 3. The summed E-state index contributed by atoms with van der Waals surface area (Å²) in [7, 11) is -3.63. The summed E-state index contributed by atoms with van der Waals surface area (Å²) in [5, 5.41) is 11.7. The molecule has 0 saturated carbocycles. The van der Waals surface area contributed by atoms with E-state index in [2.05, 4.69) is 15.5 Å². The Balaban J connectivity index is 1.42. The van der Waals surface area contributed by atoms with E-state index in [4.69, 9.17) is 4.74 Å². The van der Waals surface area contributed by atoms with Crippen LogP contribution < -0.4 is 5.32 Å². The van der Waals surface area contributed by atoms with Crippen LogP contribution in [0.3, 0.4) is 0 Å². The van der Waals surface area contributed by atoms with Crippen LogP contribution in [0.5, 0.6) is 0 Å². The minimum absolute atomic E-state index is 0.103. The molecule has 0 unspecified atom stereocenters. The van der Waals surface area contributed by atoms with Crippen molar-refractivity contribution in [2.24, 2.45) is 0 Å². The number of morpholine rings is 1. The van der Waals surface area contributed by atoms with Gasteiger partial charge < -0.3 is 10.1 Å². The van der Waals surface area contributed by atoms with E-state index in [0.717, 1.165) is 11.5 Å². The molecule has 2 heterocycles. The van der Waals surface area contributed by atoms with Crippen LogP contribution in [-0.2, 0) is 19.6 Å². The van der Waals surface area contributed by atoms with Crippen LogP contribution in [-0.4, -0.2) is 65.5 Å². The highest BCUT2D eigenvalue weighted by molar-refractivity contribution is 7.99. The molecule has 0 radical (unpaired) electrons. The molecule has 1 aliphatic heterocycles. The average molecular weight is 474 g/mol. The fraction of sp³-hybridized carbons (Fsp3) is 0.286. The van der Waals surface area contributed by atoms with Crippen LogP contribution in [0.2, 0.25) is 0 Å². The molecule has 168 valence electrons. The van der Waals surface area contributed by atoms with Crippen molar-refractivity contribution in [1.82, 2.24) is 19.1 Å². The Kier molecular flexibility index (Phi) is 6.89. The number of anilines is 1. The Morgan fingerprint density at radius 3 is 2.59 bits per heavy atom. The molecule has 1 amide bonds. The van der Waals surface area contributed by atoms with Crippen molar-refractivity contribution < 1.29 is 17.9 Å². The number of ether oxygens (including phenoxy) is 1. The summed E-state index contributed by atoms with van der Waals surface area (Å²) >= 11 is 1.26. The predicted octanol–water partition coefficient (Wildman–Crippen LogP) is 2.33. The van der Waals surface area contributed by atoms with Gasteiger partial charge in [0.15, 0.2) is 5.16 Å². The van der Waals surface area contributed by atoms with E-state index in [-0.39, 0.29) is 16.6 Å². The average Bonchev–Trinajstić information content (AvgIpc) is 3.19. The largest absolute Gasteiger partial charge is 0.379 e. The number of benzene rings is 2. The summed E-state index contributed by atoms with van der Waals surface area (Å²) in [5.74, 6) is 0.558. The van der Waals surface area contributed by atoms with Crippen LogP contribution in [0.1, 0.15) is 5.82 Å². The van der Waals surface area contributed by atoms with Gasteiger partial charge in [0, 0.05) is 24.5 Å². The highest BCUT2D eigenvalue weighted by Crippen LogP contribution is 2.23. The van der Waals surface area contributed by atoms with E-state index in [1.165, 1.54) is 28.2 Å². The molecule has 0 atom stereocenters. The van der Waals surface area contributed by atoms with Crippen molar-refractivity contribution in [3.8, 4) is 5.69 Å². The van der Waals surface area contributed by atoms with Crippen LogP contribution in [0, 0.1) is 6.92 Å². The molecule has 9 nitrogen and oxygen atoms in total. The number of thioether (sulfide) groups is 1. The molecule has 1 fully saturated rings. The lowest BCUT2D eigenvalue weighted by Crippen LogP contribution is -2.40. The first-order valence-electron chi connectivity index (χ1n) is 10.0. The zero-order valence-electron chi connectivity index (χ0n) is 17.5. The highest BCUT2D eigenvalue weighted by atomic mass is 32.2. The Morgan fingerprint density at radius 2 is 1.84 bits per heavy atom. The SMILES string of the molecule is Cc1nnc(SCC(=O)Nc2cccc(S(=O)(=O)N3CCOCC3)c2)n1-c1ccccc1. The van der Waals surface area contributed by atoms with E-state index in [1.807, 2.05) is 41.8 Å². The standard InChI is InChI=1S/C21H23N5O4S2/c1-16-23-24-21(26(16)18-7-3-2-4-8-18)31-15-20(27)22-17-6-5-9-19(14-17)32(28,29)25-10-12-30-13-11-25/h2-9,14H,10-13,15H2,1H3,(H,22,27). The quantitative estimate of drug-likeness (QED) is 0.525. The maximum atomic E-state index is 12.8. The topological polar surface area (TPSA) is 106 Å². The number of aryl methyl sites for hydroxylation is 1. The molecule has 0 spiro atoms. The molecular formula is C21H23N5O4S2. The van der Waals surface area contributed by atoms with Gasteiger partial charge in [0.05, 0.1) is 23.9 Å². The number of rotatable bonds is 7. The second-order valence-electron chi connectivity index (χ2n) is 7.08. The van der Waals surface area contributed by atoms with Crippen molar-refractivity contribution in [1.29, 1.82) is 0 Å². The van der Waals surface area contributed by atoms with Gasteiger partial charge in [-0.2, -0.15) is 4.31 Å². The number of sulfonamides is 1. The summed E-state index contributed by atoms with van der Waals surface area (Å²) in [6.45, 7) is 3.23. The van der Waals surface area contributed by atoms with Gasteiger partial charge in [0.1, 0.15) is 5.82 Å². The fourth-order valence-corrected chi connectivity index (χ4v) is 5.56. The maximum absolute atomic E-state index is 12.8. The van der Waals surface area contributed by atoms with Crippen molar-refractivity contribution in [3.63, 3.8) is 0 Å². The molecule has 0 aliphatic carbocycles. The molecule has 1 N–H and O–H groups in total. The Bertz CT molecular complexity index is 1190. The molecule has 2 aromatic carbocycles. The van der Waals surface area contributed by atoms with E-state index in [1.54, 1.807) is 12.1 Å². The number of amides is 1. The summed E-state index contributed by atoms with van der Waals surface area (Å²) in [6.07, 6.45) is 0. The van der Waals surface area contributed by atoms with Crippen LogP contribution in [0.4, 0.5) is 5.69 Å². The number of nitrogens with zero attached hydrogens (tertiary/aromatic N) is 4. The van der Waals surface area contributed by atoms with Crippen molar-refractivity contribution in [2.75, 3.05) is 37.4 Å². The normalized spacial score (nSPS) is 14.9. The Labute approximate surface area is 190 Å². The summed E-state index contributed by atoms with van der Waals surface area (Å²) in [5.41, 5.74) is 1.34.